The molecule has 0 bridgehead atoms. The molecule has 0 aliphatic carbocycles. The Morgan fingerprint density at radius 1 is 1.42 bits per heavy atom. The van der Waals surface area contributed by atoms with Gasteiger partial charge < -0.3 is 9.88 Å². The van der Waals surface area contributed by atoms with E-state index in [0.29, 0.717) is 11.8 Å². The summed E-state index contributed by atoms with van der Waals surface area (Å²) in [7, 11) is 0. The van der Waals surface area contributed by atoms with Gasteiger partial charge >= 0.3 is 0 Å². The minimum absolute atomic E-state index is 0.132. The second kappa shape index (κ2) is 6.03. The maximum atomic E-state index is 12.3. The van der Waals surface area contributed by atoms with E-state index in [1.807, 2.05) is 16.7 Å². The third-order valence-electron chi connectivity index (χ3n) is 3.82. The topological polar surface area (TPSA) is 57.8 Å². The van der Waals surface area contributed by atoms with Gasteiger partial charge in [-0.2, -0.15) is 5.26 Å². The third kappa shape index (κ3) is 3.05. The SMILES string of the molecule is CC(C)c1ccc(C#N)c(=O)n1CC1CCNCC1. The molecule has 1 aliphatic heterocycles. The Kier molecular flexibility index (Phi) is 4.39. The molecule has 1 aromatic rings. The van der Waals surface area contributed by atoms with Crippen LogP contribution < -0.4 is 10.9 Å². The monoisotopic (exact) mass is 259 g/mol. The molecule has 4 heteroatoms. The minimum atomic E-state index is -0.132. The van der Waals surface area contributed by atoms with E-state index in [4.69, 9.17) is 5.26 Å². The van der Waals surface area contributed by atoms with Crippen molar-refractivity contribution in [3.8, 4) is 6.07 Å². The lowest BCUT2D eigenvalue weighted by molar-refractivity contribution is 0.324. The summed E-state index contributed by atoms with van der Waals surface area (Å²) in [5, 5.41) is 12.3. The molecule has 1 N–H and O–H groups in total. The van der Waals surface area contributed by atoms with E-state index < -0.39 is 0 Å². The molecule has 2 heterocycles. The van der Waals surface area contributed by atoms with Gasteiger partial charge in [0.2, 0.25) is 0 Å². The Balaban J connectivity index is 2.35. The predicted molar refractivity (Wildman–Crippen MR) is 75.1 cm³/mol. The fourth-order valence-corrected chi connectivity index (χ4v) is 2.69. The molecule has 4 nitrogen and oxygen atoms in total. The summed E-state index contributed by atoms with van der Waals surface area (Å²) in [6, 6.07) is 5.57. The molecule has 19 heavy (non-hydrogen) atoms. The molecule has 0 aromatic carbocycles. The Labute approximate surface area is 114 Å². The van der Waals surface area contributed by atoms with Gasteiger partial charge in [-0.25, -0.2) is 0 Å². The number of piperidine rings is 1. The van der Waals surface area contributed by atoms with Crippen LogP contribution in [0.4, 0.5) is 0 Å². The summed E-state index contributed by atoms with van der Waals surface area (Å²) in [6.45, 7) is 6.95. The molecule has 0 spiro atoms. The van der Waals surface area contributed by atoms with Crippen molar-refractivity contribution >= 4 is 0 Å². The van der Waals surface area contributed by atoms with E-state index in [-0.39, 0.29) is 11.1 Å². The predicted octanol–water partition coefficient (Wildman–Crippen LogP) is 1.84. The standard InChI is InChI=1S/C15H21N3O/c1-11(2)14-4-3-13(9-16)15(19)18(14)10-12-5-7-17-8-6-12/h3-4,11-12,17H,5-8,10H2,1-2H3. The van der Waals surface area contributed by atoms with Gasteiger partial charge in [0, 0.05) is 12.2 Å². The lowest BCUT2D eigenvalue weighted by Gasteiger charge is -2.25. The van der Waals surface area contributed by atoms with Crippen LogP contribution in [0.3, 0.4) is 0 Å². The minimum Gasteiger partial charge on any atom is -0.317 e. The zero-order valence-electron chi connectivity index (χ0n) is 11.6. The van der Waals surface area contributed by atoms with Crippen molar-refractivity contribution in [2.45, 2.75) is 39.2 Å². The second-order valence-electron chi connectivity index (χ2n) is 5.55. The first-order chi connectivity index (χ1) is 9.13. The van der Waals surface area contributed by atoms with Crippen LogP contribution >= 0.6 is 0 Å². The van der Waals surface area contributed by atoms with Crippen molar-refractivity contribution in [2.24, 2.45) is 5.92 Å². The molecule has 1 saturated heterocycles. The first-order valence-corrected chi connectivity index (χ1v) is 6.98. The van der Waals surface area contributed by atoms with Gasteiger partial charge in [0.1, 0.15) is 11.6 Å². The lowest BCUT2D eigenvalue weighted by Crippen LogP contribution is -2.34. The van der Waals surface area contributed by atoms with Crippen LogP contribution in [0.2, 0.25) is 0 Å². The Hall–Kier alpha value is -1.60. The average molecular weight is 259 g/mol. The van der Waals surface area contributed by atoms with E-state index in [1.165, 1.54) is 0 Å². The van der Waals surface area contributed by atoms with Crippen LogP contribution in [-0.2, 0) is 6.54 Å². The van der Waals surface area contributed by atoms with E-state index in [0.717, 1.165) is 38.2 Å². The van der Waals surface area contributed by atoms with E-state index >= 15 is 0 Å². The molecule has 2 rings (SSSR count). The van der Waals surface area contributed by atoms with Crippen molar-refractivity contribution in [1.82, 2.24) is 9.88 Å². The summed E-state index contributed by atoms with van der Waals surface area (Å²) < 4.78 is 1.82. The molecule has 1 fully saturated rings. The highest BCUT2D eigenvalue weighted by atomic mass is 16.1. The Morgan fingerprint density at radius 3 is 2.68 bits per heavy atom. The zero-order chi connectivity index (χ0) is 13.8. The van der Waals surface area contributed by atoms with Crippen molar-refractivity contribution in [2.75, 3.05) is 13.1 Å². The van der Waals surface area contributed by atoms with Crippen molar-refractivity contribution in [1.29, 1.82) is 5.26 Å². The number of hydrogen-bond donors (Lipinski definition) is 1. The van der Waals surface area contributed by atoms with Gasteiger partial charge in [-0.1, -0.05) is 13.8 Å². The molecule has 0 amide bonds. The molecule has 102 valence electrons. The number of rotatable bonds is 3. The quantitative estimate of drug-likeness (QED) is 0.901. The number of nitrogens with zero attached hydrogens (tertiary/aromatic N) is 2. The van der Waals surface area contributed by atoms with Crippen LogP contribution in [0.5, 0.6) is 0 Å². The summed E-state index contributed by atoms with van der Waals surface area (Å²) in [5.41, 5.74) is 1.15. The van der Waals surface area contributed by atoms with Crippen LogP contribution in [0.1, 0.15) is 43.9 Å². The van der Waals surface area contributed by atoms with Gasteiger partial charge in [0.05, 0.1) is 0 Å². The maximum Gasteiger partial charge on any atom is 0.268 e. The number of pyridine rings is 1. The third-order valence-corrected chi connectivity index (χ3v) is 3.82. The number of nitriles is 1. The smallest absolute Gasteiger partial charge is 0.268 e. The molecule has 0 saturated carbocycles. The van der Waals surface area contributed by atoms with Gasteiger partial charge in [-0.3, -0.25) is 4.79 Å². The van der Waals surface area contributed by atoms with Gasteiger partial charge in [-0.15, -0.1) is 0 Å². The zero-order valence-corrected chi connectivity index (χ0v) is 11.6. The van der Waals surface area contributed by atoms with Crippen molar-refractivity contribution in [3.05, 3.63) is 33.7 Å². The molecule has 0 atom stereocenters. The van der Waals surface area contributed by atoms with Gasteiger partial charge in [-0.05, 0) is 49.9 Å². The van der Waals surface area contributed by atoms with Crippen LogP contribution in [0.15, 0.2) is 16.9 Å². The largest absolute Gasteiger partial charge is 0.317 e. The number of nitrogens with one attached hydrogen (secondary N) is 1. The number of aromatic nitrogens is 1. The number of hydrogen-bond acceptors (Lipinski definition) is 3. The van der Waals surface area contributed by atoms with Crippen LogP contribution in [0.25, 0.3) is 0 Å². The van der Waals surface area contributed by atoms with Gasteiger partial charge in [0.25, 0.3) is 5.56 Å². The average Bonchev–Trinajstić information content (AvgIpc) is 2.42. The highest BCUT2D eigenvalue weighted by Crippen LogP contribution is 2.18. The fraction of sp³-hybridized carbons (Fsp3) is 0.600. The van der Waals surface area contributed by atoms with Crippen molar-refractivity contribution < 1.29 is 0 Å². The highest BCUT2D eigenvalue weighted by Gasteiger charge is 2.18. The molecular formula is C15H21N3O. The Morgan fingerprint density at radius 2 is 2.11 bits per heavy atom. The highest BCUT2D eigenvalue weighted by molar-refractivity contribution is 5.28. The fourth-order valence-electron chi connectivity index (χ4n) is 2.69. The molecule has 0 radical (unpaired) electrons. The Bertz CT molecular complexity index is 533. The molecule has 1 aliphatic rings. The van der Waals surface area contributed by atoms with E-state index in [9.17, 15) is 4.79 Å². The summed E-state index contributed by atoms with van der Waals surface area (Å²) in [4.78, 5) is 12.3. The first-order valence-electron chi connectivity index (χ1n) is 6.98. The lowest BCUT2D eigenvalue weighted by atomic mass is 9.97. The molecule has 0 unspecified atom stereocenters. The summed E-state index contributed by atoms with van der Waals surface area (Å²) in [6.07, 6.45) is 2.20. The normalized spacial score (nSPS) is 16.5. The van der Waals surface area contributed by atoms with Crippen LogP contribution in [0, 0.1) is 17.2 Å². The molecular weight excluding hydrogens is 238 g/mol. The summed E-state index contributed by atoms with van der Waals surface area (Å²) >= 11 is 0. The maximum absolute atomic E-state index is 12.3. The second-order valence-corrected chi connectivity index (χ2v) is 5.55. The summed E-state index contributed by atoms with van der Waals surface area (Å²) in [5.74, 6) is 0.826. The van der Waals surface area contributed by atoms with Gasteiger partial charge in [0.15, 0.2) is 0 Å². The van der Waals surface area contributed by atoms with E-state index in [2.05, 4.69) is 19.2 Å². The van der Waals surface area contributed by atoms with Crippen LogP contribution in [-0.4, -0.2) is 17.7 Å². The molecule has 1 aromatic heterocycles. The van der Waals surface area contributed by atoms with Crippen molar-refractivity contribution in [3.63, 3.8) is 0 Å². The van der Waals surface area contributed by atoms with E-state index in [1.54, 1.807) is 6.07 Å². The first kappa shape index (κ1) is 13.8.